The minimum Gasteiger partial charge on any atom is -0.495 e. The van der Waals surface area contributed by atoms with Crippen LogP contribution in [0, 0.1) is 5.92 Å². The van der Waals surface area contributed by atoms with E-state index in [0.717, 1.165) is 0 Å². The average Bonchev–Trinajstić information content (AvgIpc) is 2.59. The first-order chi connectivity index (χ1) is 11.4. The van der Waals surface area contributed by atoms with E-state index in [2.05, 4.69) is 5.32 Å². The predicted octanol–water partition coefficient (Wildman–Crippen LogP) is 0.858. The number of methoxy groups -OCH3 is 1. The first-order valence-electron chi connectivity index (χ1n) is 7.62. The van der Waals surface area contributed by atoms with Gasteiger partial charge in [-0.05, 0) is 31.0 Å². The lowest BCUT2D eigenvalue weighted by Gasteiger charge is -2.31. The lowest BCUT2D eigenvalue weighted by molar-refractivity contribution is -0.126. The highest BCUT2D eigenvalue weighted by Gasteiger charge is 2.34. The number of aliphatic hydroxyl groups is 1. The number of carbonyl (C=O) groups is 1. The Morgan fingerprint density at radius 1 is 1.50 bits per heavy atom. The van der Waals surface area contributed by atoms with Gasteiger partial charge in [0.05, 0.1) is 19.6 Å². The van der Waals surface area contributed by atoms with Crippen molar-refractivity contribution in [2.45, 2.75) is 17.7 Å². The van der Waals surface area contributed by atoms with E-state index in [1.165, 1.54) is 23.5 Å². The fourth-order valence-electron chi connectivity index (χ4n) is 2.69. The monoisotopic (exact) mass is 376 g/mol. The van der Waals surface area contributed by atoms with E-state index in [0.29, 0.717) is 24.4 Å². The Hall–Kier alpha value is -1.35. The van der Waals surface area contributed by atoms with Crippen molar-refractivity contribution in [3.8, 4) is 5.75 Å². The summed E-state index contributed by atoms with van der Waals surface area (Å²) in [4.78, 5) is 12.0. The number of carbonyl (C=O) groups excluding carboxylic acids is 1. The number of piperidine rings is 1. The number of halogens is 1. The molecule has 1 heterocycles. The van der Waals surface area contributed by atoms with Crippen LogP contribution in [0.25, 0.3) is 0 Å². The number of amides is 1. The van der Waals surface area contributed by atoms with Crippen LogP contribution in [-0.2, 0) is 14.8 Å². The smallest absolute Gasteiger partial charge is 0.246 e. The summed E-state index contributed by atoms with van der Waals surface area (Å²) < 4.78 is 32.3. The van der Waals surface area contributed by atoms with Crippen LogP contribution in [0.15, 0.2) is 23.1 Å². The molecule has 0 bridgehead atoms. The van der Waals surface area contributed by atoms with Gasteiger partial charge in [0, 0.05) is 24.7 Å². The first-order valence-corrected chi connectivity index (χ1v) is 9.44. The van der Waals surface area contributed by atoms with Crippen molar-refractivity contribution in [3.63, 3.8) is 0 Å². The number of aliphatic hydroxyl groups excluding tert-OH is 1. The molecule has 0 unspecified atom stereocenters. The summed E-state index contributed by atoms with van der Waals surface area (Å²) in [6.45, 7) is 0.432. The SMILES string of the molecule is COc1ccc(Cl)cc1S(=O)(=O)N1CCC[C@@H](C(=O)NCCO)C1. The van der Waals surface area contributed by atoms with Gasteiger partial charge in [0.15, 0.2) is 0 Å². The zero-order valence-corrected chi connectivity index (χ0v) is 14.9. The van der Waals surface area contributed by atoms with Gasteiger partial charge in [-0.2, -0.15) is 4.31 Å². The molecule has 9 heteroatoms. The topological polar surface area (TPSA) is 95.9 Å². The normalized spacial score (nSPS) is 19.0. The molecule has 2 rings (SSSR count). The van der Waals surface area contributed by atoms with Crippen LogP contribution in [0.2, 0.25) is 5.02 Å². The van der Waals surface area contributed by atoms with Crippen molar-refractivity contribution in [2.24, 2.45) is 5.92 Å². The molecule has 0 saturated carbocycles. The van der Waals surface area contributed by atoms with E-state index >= 15 is 0 Å². The van der Waals surface area contributed by atoms with Crippen LogP contribution in [-0.4, -0.2) is 57.1 Å². The maximum atomic E-state index is 12.9. The van der Waals surface area contributed by atoms with Gasteiger partial charge < -0.3 is 15.2 Å². The molecule has 134 valence electrons. The number of rotatable bonds is 6. The zero-order chi connectivity index (χ0) is 17.7. The minimum absolute atomic E-state index is 0.00563. The molecule has 1 aromatic rings. The van der Waals surface area contributed by atoms with Crippen LogP contribution in [0.4, 0.5) is 0 Å². The molecule has 1 aromatic carbocycles. The third-order valence-electron chi connectivity index (χ3n) is 3.91. The van der Waals surface area contributed by atoms with Crippen molar-refractivity contribution in [3.05, 3.63) is 23.2 Å². The molecule has 1 saturated heterocycles. The zero-order valence-electron chi connectivity index (χ0n) is 13.4. The molecule has 1 aliphatic rings. The third-order valence-corrected chi connectivity index (χ3v) is 6.03. The van der Waals surface area contributed by atoms with E-state index in [4.69, 9.17) is 21.4 Å². The summed E-state index contributed by atoms with van der Waals surface area (Å²) >= 11 is 5.93. The number of nitrogens with zero attached hydrogens (tertiary/aromatic N) is 1. The number of benzene rings is 1. The first kappa shape index (κ1) is 19.0. The van der Waals surface area contributed by atoms with Gasteiger partial charge >= 0.3 is 0 Å². The Morgan fingerprint density at radius 2 is 2.25 bits per heavy atom. The van der Waals surface area contributed by atoms with Gasteiger partial charge in [0.1, 0.15) is 10.6 Å². The molecule has 0 radical (unpaired) electrons. The number of ether oxygens (including phenoxy) is 1. The molecule has 7 nitrogen and oxygen atoms in total. The second-order valence-electron chi connectivity index (χ2n) is 5.51. The quantitative estimate of drug-likeness (QED) is 0.767. The average molecular weight is 377 g/mol. The van der Waals surface area contributed by atoms with Gasteiger partial charge in [0.25, 0.3) is 0 Å². The number of hydrogen-bond donors (Lipinski definition) is 2. The number of nitrogens with one attached hydrogen (secondary N) is 1. The fourth-order valence-corrected chi connectivity index (χ4v) is 4.63. The molecule has 1 amide bonds. The highest BCUT2D eigenvalue weighted by Crippen LogP contribution is 2.31. The van der Waals surface area contributed by atoms with Crippen molar-refractivity contribution in [2.75, 3.05) is 33.4 Å². The lowest BCUT2D eigenvalue weighted by Crippen LogP contribution is -2.45. The van der Waals surface area contributed by atoms with Crippen molar-refractivity contribution >= 4 is 27.5 Å². The van der Waals surface area contributed by atoms with E-state index in [-0.39, 0.29) is 36.2 Å². The summed E-state index contributed by atoms with van der Waals surface area (Å²) in [5.74, 6) is -0.474. The Labute approximate surface area is 146 Å². The van der Waals surface area contributed by atoms with Gasteiger partial charge in [-0.15, -0.1) is 0 Å². The predicted molar refractivity (Wildman–Crippen MR) is 89.6 cm³/mol. The van der Waals surface area contributed by atoms with E-state index in [1.54, 1.807) is 6.07 Å². The van der Waals surface area contributed by atoms with E-state index in [1.807, 2.05) is 0 Å². The largest absolute Gasteiger partial charge is 0.495 e. The fraction of sp³-hybridized carbons (Fsp3) is 0.533. The molecular formula is C15H21ClN2O5S. The summed E-state index contributed by atoms with van der Waals surface area (Å²) in [6.07, 6.45) is 1.19. The third kappa shape index (κ3) is 4.18. The molecule has 1 fully saturated rings. The van der Waals surface area contributed by atoms with Crippen molar-refractivity contribution < 1.29 is 23.1 Å². The van der Waals surface area contributed by atoms with Crippen LogP contribution in [0.3, 0.4) is 0 Å². The van der Waals surface area contributed by atoms with Crippen LogP contribution >= 0.6 is 11.6 Å². The van der Waals surface area contributed by atoms with Gasteiger partial charge in [-0.3, -0.25) is 4.79 Å². The van der Waals surface area contributed by atoms with Crippen molar-refractivity contribution in [1.29, 1.82) is 0 Å². The van der Waals surface area contributed by atoms with E-state index < -0.39 is 15.9 Å². The van der Waals surface area contributed by atoms with Crippen molar-refractivity contribution in [1.82, 2.24) is 9.62 Å². The molecule has 0 spiro atoms. The minimum atomic E-state index is -3.82. The highest BCUT2D eigenvalue weighted by molar-refractivity contribution is 7.89. The maximum absolute atomic E-state index is 12.9. The molecular weight excluding hydrogens is 356 g/mol. The summed E-state index contributed by atoms with van der Waals surface area (Å²) in [5.41, 5.74) is 0. The van der Waals surface area contributed by atoms with Crippen LogP contribution in [0.1, 0.15) is 12.8 Å². The highest BCUT2D eigenvalue weighted by atomic mass is 35.5. The summed E-state index contributed by atoms with van der Waals surface area (Å²) in [5, 5.41) is 11.7. The maximum Gasteiger partial charge on any atom is 0.246 e. The molecule has 24 heavy (non-hydrogen) atoms. The van der Waals surface area contributed by atoms with Crippen LogP contribution in [0.5, 0.6) is 5.75 Å². The Morgan fingerprint density at radius 3 is 2.92 bits per heavy atom. The molecule has 2 N–H and O–H groups in total. The van der Waals surface area contributed by atoms with Crippen LogP contribution < -0.4 is 10.1 Å². The summed E-state index contributed by atoms with van der Waals surface area (Å²) in [7, 11) is -2.43. The van der Waals surface area contributed by atoms with E-state index in [9.17, 15) is 13.2 Å². The van der Waals surface area contributed by atoms with Gasteiger partial charge in [-0.1, -0.05) is 11.6 Å². The molecule has 1 atom stereocenters. The Balaban J connectivity index is 2.23. The number of sulfonamides is 1. The number of hydrogen-bond acceptors (Lipinski definition) is 5. The molecule has 0 aromatic heterocycles. The Kier molecular flexibility index (Phi) is 6.45. The van der Waals surface area contributed by atoms with Gasteiger partial charge in [-0.25, -0.2) is 8.42 Å². The second kappa shape index (κ2) is 8.15. The molecule has 0 aliphatic carbocycles. The lowest BCUT2D eigenvalue weighted by atomic mass is 9.99. The van der Waals surface area contributed by atoms with Gasteiger partial charge in [0.2, 0.25) is 15.9 Å². The Bertz CT molecular complexity index is 695. The molecule has 1 aliphatic heterocycles. The summed E-state index contributed by atoms with van der Waals surface area (Å²) in [6, 6.07) is 4.41. The second-order valence-corrected chi connectivity index (χ2v) is 7.85. The standard InChI is InChI=1S/C15H21ClN2O5S/c1-23-13-5-4-12(16)9-14(13)24(21,22)18-7-2-3-11(10-18)15(20)17-6-8-19/h4-5,9,11,19H,2-3,6-8,10H2,1H3,(H,17,20)/t11-/m1/s1.